The van der Waals surface area contributed by atoms with Crippen LogP contribution in [0, 0.1) is 24.1 Å². The number of aromatic nitrogens is 1. The van der Waals surface area contributed by atoms with Gasteiger partial charge in [0.05, 0.1) is 28.4 Å². The summed E-state index contributed by atoms with van der Waals surface area (Å²) in [6.45, 7) is 1.86. The molecule has 1 heterocycles. The molecule has 0 aliphatic rings. The summed E-state index contributed by atoms with van der Waals surface area (Å²) in [5.74, 6) is -1.31. The molecule has 3 aromatic rings. The molecule has 2 aromatic carbocycles. The Morgan fingerprint density at radius 2 is 2.04 bits per heavy atom. The Kier molecular flexibility index (Phi) is 3.73. The van der Waals surface area contributed by atoms with Gasteiger partial charge in [0.1, 0.15) is 5.82 Å². The predicted octanol–water partition coefficient (Wildman–Crippen LogP) is 3.81. The van der Waals surface area contributed by atoms with E-state index in [9.17, 15) is 9.18 Å². The number of hydrogen-bond acceptors (Lipinski definition) is 3. The molecule has 0 aliphatic heterocycles. The number of anilines is 1. The van der Waals surface area contributed by atoms with Crippen molar-refractivity contribution >= 4 is 22.5 Å². The van der Waals surface area contributed by atoms with Crippen molar-refractivity contribution in [2.45, 2.75) is 6.92 Å². The molecule has 1 N–H and O–H groups in total. The van der Waals surface area contributed by atoms with E-state index >= 15 is 0 Å². The summed E-state index contributed by atoms with van der Waals surface area (Å²) in [5, 5.41) is 12.3. The number of nitriles is 1. The molecule has 0 aliphatic carbocycles. The highest BCUT2D eigenvalue weighted by molar-refractivity contribution is 6.08. The fourth-order valence-electron chi connectivity index (χ4n) is 2.30. The highest BCUT2D eigenvalue weighted by atomic mass is 19.1. The second-order valence-electron chi connectivity index (χ2n) is 5.09. The average molecular weight is 305 g/mol. The van der Waals surface area contributed by atoms with Crippen molar-refractivity contribution in [1.82, 2.24) is 4.98 Å². The van der Waals surface area contributed by atoms with Crippen LogP contribution in [0.2, 0.25) is 0 Å². The Morgan fingerprint density at radius 1 is 1.22 bits per heavy atom. The van der Waals surface area contributed by atoms with Gasteiger partial charge in [-0.3, -0.25) is 9.78 Å². The number of halogens is 1. The molecule has 0 fully saturated rings. The standard InChI is InChI=1S/C18H12FN3O/c1-11-5-7-13-3-2-4-16(17(13)21-11)22-18(23)14-8-6-12(10-20)9-15(14)19/h2-9H,1H3,(H,22,23). The zero-order chi connectivity index (χ0) is 16.4. The van der Waals surface area contributed by atoms with Crippen LogP contribution in [0.4, 0.5) is 10.1 Å². The highest BCUT2D eigenvalue weighted by Crippen LogP contribution is 2.23. The molecule has 1 aromatic heterocycles. The van der Waals surface area contributed by atoms with E-state index in [0.717, 1.165) is 17.1 Å². The van der Waals surface area contributed by atoms with Crippen LogP contribution in [0.25, 0.3) is 10.9 Å². The van der Waals surface area contributed by atoms with Crippen molar-refractivity contribution in [2.75, 3.05) is 5.32 Å². The molecule has 1 amide bonds. The molecule has 0 radical (unpaired) electrons. The van der Waals surface area contributed by atoms with Crippen LogP contribution in [0.1, 0.15) is 21.6 Å². The maximum atomic E-state index is 13.9. The van der Waals surface area contributed by atoms with Gasteiger partial charge in [0.2, 0.25) is 0 Å². The normalized spacial score (nSPS) is 10.3. The van der Waals surface area contributed by atoms with Crippen molar-refractivity contribution < 1.29 is 9.18 Å². The molecule has 0 unspecified atom stereocenters. The molecule has 0 atom stereocenters. The third-order valence-electron chi connectivity index (χ3n) is 3.45. The van der Waals surface area contributed by atoms with Gasteiger partial charge >= 0.3 is 0 Å². The summed E-state index contributed by atoms with van der Waals surface area (Å²) >= 11 is 0. The molecule has 0 bridgehead atoms. The predicted molar refractivity (Wildman–Crippen MR) is 85.5 cm³/mol. The number of fused-ring (bicyclic) bond motifs is 1. The Morgan fingerprint density at radius 3 is 2.78 bits per heavy atom. The van der Waals surface area contributed by atoms with Crippen LogP contribution < -0.4 is 5.32 Å². The van der Waals surface area contributed by atoms with E-state index < -0.39 is 11.7 Å². The monoisotopic (exact) mass is 305 g/mol. The SMILES string of the molecule is Cc1ccc2cccc(NC(=O)c3ccc(C#N)cc3F)c2n1. The molecule has 112 valence electrons. The summed E-state index contributed by atoms with van der Waals surface area (Å²) in [5.41, 5.74) is 2.04. The molecule has 23 heavy (non-hydrogen) atoms. The number of hydrogen-bond donors (Lipinski definition) is 1. The number of pyridine rings is 1. The first kappa shape index (κ1) is 14.7. The number of nitrogens with one attached hydrogen (secondary N) is 1. The zero-order valence-electron chi connectivity index (χ0n) is 12.3. The van der Waals surface area contributed by atoms with Crippen LogP contribution in [-0.4, -0.2) is 10.9 Å². The zero-order valence-corrected chi connectivity index (χ0v) is 12.3. The van der Waals surface area contributed by atoms with Crippen LogP contribution >= 0.6 is 0 Å². The minimum absolute atomic E-state index is 0.117. The van der Waals surface area contributed by atoms with Gasteiger partial charge in [-0.05, 0) is 37.3 Å². The molecular formula is C18H12FN3O. The first-order valence-electron chi connectivity index (χ1n) is 6.96. The quantitative estimate of drug-likeness (QED) is 0.783. The Labute approximate surface area is 132 Å². The smallest absolute Gasteiger partial charge is 0.258 e. The van der Waals surface area contributed by atoms with Gasteiger partial charge in [0.15, 0.2) is 0 Å². The van der Waals surface area contributed by atoms with Gasteiger partial charge in [0.25, 0.3) is 5.91 Å². The van der Waals surface area contributed by atoms with Crippen molar-refractivity contribution in [3.05, 3.63) is 71.2 Å². The number of nitrogens with zero attached hydrogens (tertiary/aromatic N) is 2. The lowest BCUT2D eigenvalue weighted by Crippen LogP contribution is -2.14. The average Bonchev–Trinajstić information content (AvgIpc) is 2.55. The Hall–Kier alpha value is -3.26. The molecule has 4 nitrogen and oxygen atoms in total. The maximum absolute atomic E-state index is 13.9. The topological polar surface area (TPSA) is 65.8 Å². The molecule has 0 spiro atoms. The third kappa shape index (κ3) is 2.87. The van der Waals surface area contributed by atoms with Gasteiger partial charge in [-0.15, -0.1) is 0 Å². The van der Waals surface area contributed by atoms with Crippen molar-refractivity contribution in [1.29, 1.82) is 5.26 Å². The lowest BCUT2D eigenvalue weighted by Gasteiger charge is -2.09. The van der Waals surface area contributed by atoms with E-state index in [-0.39, 0.29) is 11.1 Å². The van der Waals surface area contributed by atoms with Gasteiger partial charge in [-0.25, -0.2) is 4.39 Å². The highest BCUT2D eigenvalue weighted by Gasteiger charge is 2.14. The Bertz CT molecular complexity index is 960. The minimum Gasteiger partial charge on any atom is -0.320 e. The lowest BCUT2D eigenvalue weighted by molar-refractivity contribution is 0.102. The minimum atomic E-state index is -0.731. The van der Waals surface area contributed by atoms with E-state index in [1.165, 1.54) is 12.1 Å². The molecule has 0 saturated carbocycles. The first-order valence-corrected chi connectivity index (χ1v) is 6.96. The first-order chi connectivity index (χ1) is 11.1. The number of benzene rings is 2. The fourth-order valence-corrected chi connectivity index (χ4v) is 2.30. The molecule has 0 saturated heterocycles. The van der Waals surface area contributed by atoms with Crippen LogP contribution in [0.3, 0.4) is 0 Å². The van der Waals surface area contributed by atoms with Crippen LogP contribution in [-0.2, 0) is 0 Å². The van der Waals surface area contributed by atoms with Gasteiger partial charge < -0.3 is 5.32 Å². The summed E-state index contributed by atoms with van der Waals surface area (Å²) in [7, 11) is 0. The number of aryl methyl sites for hydroxylation is 1. The van der Waals surface area contributed by atoms with Crippen LogP contribution in [0.15, 0.2) is 48.5 Å². The molecule has 3 rings (SSSR count). The number of carbonyl (C=O) groups is 1. The number of para-hydroxylation sites is 1. The molecular weight excluding hydrogens is 293 g/mol. The number of carbonyl (C=O) groups excluding carboxylic acids is 1. The summed E-state index contributed by atoms with van der Waals surface area (Å²) < 4.78 is 13.9. The summed E-state index contributed by atoms with van der Waals surface area (Å²) in [6, 6.07) is 14.8. The molecule has 5 heteroatoms. The third-order valence-corrected chi connectivity index (χ3v) is 3.45. The van der Waals surface area contributed by atoms with E-state index in [0.29, 0.717) is 11.2 Å². The van der Waals surface area contributed by atoms with E-state index in [4.69, 9.17) is 5.26 Å². The van der Waals surface area contributed by atoms with Gasteiger partial charge in [-0.2, -0.15) is 5.26 Å². The number of amides is 1. The second-order valence-corrected chi connectivity index (χ2v) is 5.09. The van der Waals surface area contributed by atoms with E-state index in [2.05, 4.69) is 10.3 Å². The number of rotatable bonds is 2. The Balaban J connectivity index is 1.98. The van der Waals surface area contributed by atoms with E-state index in [1.807, 2.05) is 31.2 Å². The maximum Gasteiger partial charge on any atom is 0.258 e. The van der Waals surface area contributed by atoms with Crippen molar-refractivity contribution in [3.63, 3.8) is 0 Å². The van der Waals surface area contributed by atoms with Crippen LogP contribution in [0.5, 0.6) is 0 Å². The van der Waals surface area contributed by atoms with Gasteiger partial charge in [0, 0.05) is 11.1 Å². The van der Waals surface area contributed by atoms with E-state index in [1.54, 1.807) is 12.1 Å². The lowest BCUT2D eigenvalue weighted by atomic mass is 10.1. The van der Waals surface area contributed by atoms with Crippen molar-refractivity contribution in [2.24, 2.45) is 0 Å². The van der Waals surface area contributed by atoms with Gasteiger partial charge in [-0.1, -0.05) is 18.2 Å². The summed E-state index contributed by atoms with van der Waals surface area (Å²) in [4.78, 5) is 16.7. The largest absolute Gasteiger partial charge is 0.320 e. The fraction of sp³-hybridized carbons (Fsp3) is 0.0556. The second kappa shape index (κ2) is 5.85. The van der Waals surface area contributed by atoms with Crippen molar-refractivity contribution in [3.8, 4) is 6.07 Å². The summed E-state index contributed by atoms with van der Waals surface area (Å²) in [6.07, 6.45) is 0.